The van der Waals surface area contributed by atoms with Crippen molar-refractivity contribution in [2.45, 2.75) is 18.9 Å². The Kier molecular flexibility index (Phi) is 3.97. The Bertz CT molecular complexity index is 250. The molecule has 0 radical (unpaired) electrons. The van der Waals surface area contributed by atoms with E-state index in [2.05, 4.69) is 15.4 Å². The summed E-state index contributed by atoms with van der Waals surface area (Å²) in [5.41, 5.74) is 0. The number of amides is 1. The van der Waals surface area contributed by atoms with E-state index in [1.165, 1.54) is 19.4 Å². The third-order valence-electron chi connectivity index (χ3n) is 1.99. The van der Waals surface area contributed by atoms with Crippen LogP contribution >= 0.6 is 0 Å². The van der Waals surface area contributed by atoms with E-state index in [1.54, 1.807) is 0 Å². The van der Waals surface area contributed by atoms with Gasteiger partial charge in [-0.1, -0.05) is 0 Å². The Balaban J connectivity index is 2.12. The number of carbonyl (C=O) groups is 2. The van der Waals surface area contributed by atoms with Gasteiger partial charge in [0.1, 0.15) is 0 Å². The molecule has 1 fully saturated rings. The summed E-state index contributed by atoms with van der Waals surface area (Å²) in [4.78, 5) is 21.5. The van der Waals surface area contributed by atoms with Crippen molar-refractivity contribution >= 4 is 11.9 Å². The van der Waals surface area contributed by atoms with Crippen LogP contribution in [0, 0.1) is 0 Å². The normalized spacial score (nSPS) is 20.9. The van der Waals surface area contributed by atoms with E-state index < -0.39 is 5.97 Å². The smallest absolute Gasteiger partial charge is 0.331 e. The maximum Gasteiger partial charge on any atom is 0.331 e. The molecule has 1 rings (SSSR count). The second-order valence-corrected chi connectivity index (χ2v) is 3.07. The molecule has 1 aliphatic rings. The minimum atomic E-state index is -0.395. The van der Waals surface area contributed by atoms with E-state index in [0.29, 0.717) is 13.0 Å². The van der Waals surface area contributed by atoms with Crippen molar-refractivity contribution in [3.8, 4) is 0 Å². The fourth-order valence-electron chi connectivity index (χ4n) is 1.24. The van der Waals surface area contributed by atoms with E-state index in [9.17, 15) is 9.59 Å². The molecule has 1 aliphatic heterocycles. The lowest BCUT2D eigenvalue weighted by Gasteiger charge is -2.08. The van der Waals surface area contributed by atoms with Crippen LogP contribution in [0.3, 0.4) is 0 Å². The Morgan fingerprint density at radius 2 is 2.57 bits per heavy atom. The molecule has 0 aromatic rings. The molecule has 5 heteroatoms. The third-order valence-corrected chi connectivity index (χ3v) is 1.99. The van der Waals surface area contributed by atoms with Crippen molar-refractivity contribution < 1.29 is 14.3 Å². The van der Waals surface area contributed by atoms with Gasteiger partial charge < -0.3 is 15.4 Å². The highest BCUT2D eigenvalue weighted by Gasteiger charge is 2.19. The number of esters is 1. The number of rotatable bonds is 4. The molecular weight excluding hydrogens is 184 g/mol. The van der Waals surface area contributed by atoms with E-state index >= 15 is 0 Å². The van der Waals surface area contributed by atoms with Gasteiger partial charge >= 0.3 is 5.97 Å². The van der Waals surface area contributed by atoms with Crippen molar-refractivity contribution in [2.75, 3.05) is 13.7 Å². The van der Waals surface area contributed by atoms with Gasteiger partial charge in [0.15, 0.2) is 0 Å². The molecule has 1 heterocycles. The molecule has 0 aromatic heterocycles. The first kappa shape index (κ1) is 10.6. The zero-order valence-electron chi connectivity index (χ0n) is 8.08. The first-order chi connectivity index (χ1) is 6.72. The van der Waals surface area contributed by atoms with Crippen molar-refractivity contribution in [3.63, 3.8) is 0 Å². The summed E-state index contributed by atoms with van der Waals surface area (Å²) in [5.74, 6) is -0.304. The van der Waals surface area contributed by atoms with Crippen LogP contribution in [0.2, 0.25) is 0 Å². The summed E-state index contributed by atoms with van der Waals surface area (Å²) in [6, 6.07) is 0.171. The molecule has 1 saturated heterocycles. The molecule has 2 N–H and O–H groups in total. The predicted molar refractivity (Wildman–Crippen MR) is 50.3 cm³/mol. The average Bonchev–Trinajstić information content (AvgIpc) is 2.58. The molecule has 0 spiro atoms. The Labute approximate surface area is 82.5 Å². The molecule has 1 unspecified atom stereocenters. The average molecular weight is 198 g/mol. The van der Waals surface area contributed by atoms with Crippen LogP contribution in [-0.2, 0) is 14.3 Å². The topological polar surface area (TPSA) is 67.4 Å². The van der Waals surface area contributed by atoms with Crippen LogP contribution in [0.25, 0.3) is 0 Å². The van der Waals surface area contributed by atoms with E-state index in [1.807, 2.05) is 0 Å². The second kappa shape index (κ2) is 5.26. The molecule has 1 atom stereocenters. The van der Waals surface area contributed by atoms with Crippen molar-refractivity contribution in [3.05, 3.63) is 12.3 Å². The van der Waals surface area contributed by atoms with Gasteiger partial charge in [-0.15, -0.1) is 0 Å². The van der Waals surface area contributed by atoms with E-state index in [4.69, 9.17) is 0 Å². The van der Waals surface area contributed by atoms with Gasteiger partial charge in [0.2, 0.25) is 5.91 Å². The Morgan fingerprint density at radius 3 is 3.14 bits per heavy atom. The van der Waals surface area contributed by atoms with Crippen LogP contribution in [-0.4, -0.2) is 31.6 Å². The van der Waals surface area contributed by atoms with Gasteiger partial charge in [-0.05, 0) is 6.42 Å². The zero-order chi connectivity index (χ0) is 10.4. The van der Waals surface area contributed by atoms with Crippen LogP contribution in [0.4, 0.5) is 0 Å². The highest BCUT2D eigenvalue weighted by Crippen LogP contribution is 2.04. The molecule has 1 amide bonds. The fraction of sp³-hybridized carbons (Fsp3) is 0.556. The number of hydrogen-bond donors (Lipinski definition) is 2. The Hall–Kier alpha value is -1.52. The lowest BCUT2D eigenvalue weighted by Crippen LogP contribution is -2.33. The van der Waals surface area contributed by atoms with Gasteiger partial charge in [0, 0.05) is 31.3 Å². The monoisotopic (exact) mass is 198 g/mol. The molecule has 0 aromatic carbocycles. The van der Waals surface area contributed by atoms with E-state index in [0.717, 1.165) is 6.42 Å². The van der Waals surface area contributed by atoms with Crippen LogP contribution < -0.4 is 10.6 Å². The quantitative estimate of drug-likeness (QED) is 0.474. The summed E-state index contributed by atoms with van der Waals surface area (Å²) in [6.07, 6.45) is 4.26. The summed E-state index contributed by atoms with van der Waals surface area (Å²) in [7, 11) is 1.32. The lowest BCUT2D eigenvalue weighted by atomic mass is 10.2. The first-order valence-corrected chi connectivity index (χ1v) is 4.49. The van der Waals surface area contributed by atoms with Crippen molar-refractivity contribution in [1.29, 1.82) is 0 Å². The number of carbonyl (C=O) groups excluding carboxylic acids is 2. The summed E-state index contributed by atoms with van der Waals surface area (Å²) in [5, 5.41) is 5.72. The summed E-state index contributed by atoms with van der Waals surface area (Å²) >= 11 is 0. The number of methoxy groups -OCH3 is 1. The van der Waals surface area contributed by atoms with E-state index in [-0.39, 0.29) is 11.9 Å². The number of nitrogens with one attached hydrogen (secondary N) is 2. The zero-order valence-corrected chi connectivity index (χ0v) is 8.08. The predicted octanol–water partition coefficient (Wildman–Crippen LogP) is -0.459. The second-order valence-electron chi connectivity index (χ2n) is 3.07. The van der Waals surface area contributed by atoms with Crippen LogP contribution in [0.1, 0.15) is 12.8 Å². The van der Waals surface area contributed by atoms with Crippen molar-refractivity contribution in [1.82, 2.24) is 10.6 Å². The molecular formula is C9H14N2O3. The van der Waals surface area contributed by atoms with Crippen LogP contribution in [0.15, 0.2) is 12.3 Å². The summed E-state index contributed by atoms with van der Waals surface area (Å²) in [6.45, 7) is 0.638. The van der Waals surface area contributed by atoms with Gasteiger partial charge in [0.05, 0.1) is 7.11 Å². The maximum absolute atomic E-state index is 10.8. The third kappa shape index (κ3) is 3.47. The minimum Gasteiger partial charge on any atom is -0.466 e. The largest absolute Gasteiger partial charge is 0.466 e. The number of ether oxygens (including phenoxy) is 1. The molecule has 14 heavy (non-hydrogen) atoms. The molecule has 0 bridgehead atoms. The highest BCUT2D eigenvalue weighted by molar-refractivity contribution is 5.81. The molecule has 0 aliphatic carbocycles. The van der Waals surface area contributed by atoms with Crippen LogP contribution in [0.5, 0.6) is 0 Å². The first-order valence-electron chi connectivity index (χ1n) is 4.49. The fourth-order valence-corrected chi connectivity index (χ4v) is 1.24. The highest BCUT2D eigenvalue weighted by atomic mass is 16.5. The standard InChI is InChI=1S/C9H14N2O3/c1-14-9(13)4-5-10-6-7-2-3-8(12)11-7/h4-5,7,10H,2-3,6H2,1H3,(H,11,12)/b5-4+. The maximum atomic E-state index is 10.8. The lowest BCUT2D eigenvalue weighted by molar-refractivity contribution is -0.134. The Morgan fingerprint density at radius 1 is 1.79 bits per heavy atom. The van der Waals surface area contributed by atoms with Gasteiger partial charge in [-0.3, -0.25) is 4.79 Å². The van der Waals surface area contributed by atoms with Gasteiger partial charge in [-0.2, -0.15) is 0 Å². The molecule has 0 saturated carbocycles. The SMILES string of the molecule is COC(=O)/C=C/NCC1CCC(=O)N1. The molecule has 5 nitrogen and oxygen atoms in total. The van der Waals surface area contributed by atoms with Gasteiger partial charge in [-0.25, -0.2) is 4.79 Å². The molecule has 78 valence electrons. The minimum absolute atomic E-state index is 0.0914. The van der Waals surface area contributed by atoms with Crippen molar-refractivity contribution in [2.24, 2.45) is 0 Å². The summed E-state index contributed by atoms with van der Waals surface area (Å²) < 4.78 is 4.40. The van der Waals surface area contributed by atoms with Gasteiger partial charge in [0.25, 0.3) is 0 Å². The number of hydrogen-bond acceptors (Lipinski definition) is 4.